The second kappa shape index (κ2) is 8.88. The second-order valence-electron chi connectivity index (χ2n) is 5.81. The summed E-state index contributed by atoms with van der Waals surface area (Å²) in [6.45, 7) is 3.88. The smallest absolute Gasteiger partial charge is 0.251 e. The highest BCUT2D eigenvalue weighted by Gasteiger charge is 2.26. The van der Waals surface area contributed by atoms with E-state index >= 15 is 0 Å². The molecule has 0 radical (unpaired) electrons. The quantitative estimate of drug-likeness (QED) is 0.759. The van der Waals surface area contributed by atoms with Gasteiger partial charge >= 0.3 is 0 Å². The van der Waals surface area contributed by atoms with E-state index in [0.29, 0.717) is 21.3 Å². The maximum absolute atomic E-state index is 12.7. The molecule has 2 aromatic carbocycles. The number of amides is 2. The van der Waals surface area contributed by atoms with E-state index < -0.39 is 6.04 Å². The summed E-state index contributed by atoms with van der Waals surface area (Å²) >= 11 is 11.9. The summed E-state index contributed by atoms with van der Waals surface area (Å²) in [4.78, 5) is 25.1. The highest BCUT2D eigenvalue weighted by atomic mass is 35.5. The van der Waals surface area contributed by atoms with Gasteiger partial charge in [0.15, 0.2) is 0 Å². The molecule has 25 heavy (non-hydrogen) atoms. The molecule has 2 amide bonds. The Morgan fingerprint density at radius 1 is 1.04 bits per heavy atom. The van der Waals surface area contributed by atoms with Crippen LogP contribution in [0.3, 0.4) is 0 Å². The van der Waals surface area contributed by atoms with Crippen LogP contribution in [0, 0.1) is 5.92 Å². The van der Waals surface area contributed by atoms with E-state index in [4.69, 9.17) is 23.2 Å². The third-order valence-electron chi connectivity index (χ3n) is 4.02. The first-order valence-electron chi connectivity index (χ1n) is 8.04. The second-order valence-corrected chi connectivity index (χ2v) is 6.66. The van der Waals surface area contributed by atoms with E-state index in [-0.39, 0.29) is 17.7 Å². The number of benzene rings is 2. The fourth-order valence-electron chi connectivity index (χ4n) is 2.30. The fraction of sp³-hybridized carbons (Fsp3) is 0.263. The Labute approximate surface area is 157 Å². The number of hydrogen-bond acceptors (Lipinski definition) is 2. The molecule has 132 valence electrons. The number of halogens is 2. The molecule has 0 spiro atoms. The number of carbonyl (C=O) groups excluding carboxylic acids is 2. The minimum Gasteiger partial charge on any atom is -0.340 e. The lowest BCUT2D eigenvalue weighted by Gasteiger charge is -2.24. The van der Waals surface area contributed by atoms with Gasteiger partial charge in [0, 0.05) is 10.6 Å². The molecule has 2 aromatic rings. The molecule has 0 aromatic heterocycles. The van der Waals surface area contributed by atoms with Gasteiger partial charge in [0.25, 0.3) is 5.91 Å². The monoisotopic (exact) mass is 378 g/mol. The molecular formula is C19H20Cl2N2O2. The molecular weight excluding hydrogens is 359 g/mol. The fourth-order valence-corrected chi connectivity index (χ4v) is 2.61. The molecule has 0 bridgehead atoms. The lowest BCUT2D eigenvalue weighted by atomic mass is 9.97. The van der Waals surface area contributed by atoms with Crippen molar-refractivity contribution in [3.8, 4) is 0 Å². The van der Waals surface area contributed by atoms with Crippen molar-refractivity contribution >= 4 is 40.7 Å². The van der Waals surface area contributed by atoms with Crippen molar-refractivity contribution in [3.63, 3.8) is 0 Å². The van der Waals surface area contributed by atoms with Gasteiger partial charge in [0.05, 0.1) is 10.7 Å². The van der Waals surface area contributed by atoms with Crippen LogP contribution in [0.1, 0.15) is 30.6 Å². The van der Waals surface area contributed by atoms with Crippen LogP contribution in [0.5, 0.6) is 0 Å². The molecule has 0 aliphatic heterocycles. The van der Waals surface area contributed by atoms with Gasteiger partial charge in [0.2, 0.25) is 5.91 Å². The first-order valence-corrected chi connectivity index (χ1v) is 8.79. The molecule has 2 N–H and O–H groups in total. The molecule has 0 saturated heterocycles. The Bertz CT molecular complexity index is 747. The predicted octanol–water partition coefficient (Wildman–Crippen LogP) is 4.78. The van der Waals surface area contributed by atoms with Crippen LogP contribution >= 0.6 is 23.2 Å². The van der Waals surface area contributed by atoms with E-state index in [0.717, 1.165) is 6.42 Å². The summed E-state index contributed by atoms with van der Waals surface area (Å²) in [5, 5.41) is 6.59. The molecule has 0 fully saturated rings. The molecule has 0 saturated carbocycles. The van der Waals surface area contributed by atoms with E-state index in [1.54, 1.807) is 48.5 Å². The highest BCUT2D eigenvalue weighted by Crippen LogP contribution is 2.21. The lowest BCUT2D eigenvalue weighted by Crippen LogP contribution is -2.47. The van der Waals surface area contributed by atoms with Crippen molar-refractivity contribution in [2.75, 3.05) is 5.32 Å². The van der Waals surface area contributed by atoms with Crippen LogP contribution < -0.4 is 10.6 Å². The molecule has 2 atom stereocenters. The van der Waals surface area contributed by atoms with Crippen molar-refractivity contribution in [2.45, 2.75) is 26.3 Å². The summed E-state index contributed by atoms with van der Waals surface area (Å²) in [6, 6.07) is 12.8. The number of anilines is 1. The Morgan fingerprint density at radius 3 is 2.28 bits per heavy atom. The molecule has 0 aliphatic carbocycles. The van der Waals surface area contributed by atoms with Gasteiger partial charge in [-0.15, -0.1) is 0 Å². The van der Waals surface area contributed by atoms with E-state index in [1.165, 1.54) is 0 Å². The molecule has 0 aliphatic rings. The Morgan fingerprint density at radius 2 is 1.68 bits per heavy atom. The van der Waals surface area contributed by atoms with Crippen LogP contribution in [0.15, 0.2) is 48.5 Å². The van der Waals surface area contributed by atoms with Crippen molar-refractivity contribution in [2.24, 2.45) is 5.92 Å². The minimum atomic E-state index is -0.676. The van der Waals surface area contributed by atoms with E-state index in [9.17, 15) is 9.59 Å². The third kappa shape index (κ3) is 5.21. The van der Waals surface area contributed by atoms with Crippen molar-refractivity contribution in [1.82, 2.24) is 5.32 Å². The summed E-state index contributed by atoms with van der Waals surface area (Å²) in [6.07, 6.45) is 0.738. The first kappa shape index (κ1) is 19.3. The van der Waals surface area contributed by atoms with Gasteiger partial charge in [0.1, 0.15) is 6.04 Å². The molecule has 0 heterocycles. The minimum absolute atomic E-state index is 0.0428. The maximum atomic E-state index is 12.7. The van der Waals surface area contributed by atoms with Gasteiger partial charge < -0.3 is 10.6 Å². The highest BCUT2D eigenvalue weighted by molar-refractivity contribution is 6.33. The van der Waals surface area contributed by atoms with Gasteiger partial charge in [-0.05, 0) is 42.3 Å². The molecule has 2 unspecified atom stereocenters. The average Bonchev–Trinajstić information content (AvgIpc) is 2.61. The number of rotatable bonds is 6. The summed E-state index contributed by atoms with van der Waals surface area (Å²) in [5.74, 6) is -0.667. The number of carbonyl (C=O) groups is 2. The Kier molecular flexibility index (Phi) is 6.85. The van der Waals surface area contributed by atoms with Crippen LogP contribution in [-0.2, 0) is 4.79 Å². The normalized spacial score (nSPS) is 13.0. The van der Waals surface area contributed by atoms with Gasteiger partial charge in [-0.1, -0.05) is 55.6 Å². The van der Waals surface area contributed by atoms with Gasteiger partial charge in [-0.3, -0.25) is 9.59 Å². The van der Waals surface area contributed by atoms with Gasteiger partial charge in [-0.2, -0.15) is 0 Å². The number of hydrogen-bond donors (Lipinski definition) is 2. The summed E-state index contributed by atoms with van der Waals surface area (Å²) in [7, 11) is 0. The van der Waals surface area contributed by atoms with Gasteiger partial charge in [-0.25, -0.2) is 0 Å². The lowest BCUT2D eigenvalue weighted by molar-refractivity contribution is -0.119. The Balaban J connectivity index is 2.15. The van der Waals surface area contributed by atoms with Crippen LogP contribution in [0.4, 0.5) is 5.69 Å². The van der Waals surface area contributed by atoms with Crippen molar-refractivity contribution in [3.05, 3.63) is 64.1 Å². The molecule has 2 rings (SSSR count). The molecule has 4 nitrogen and oxygen atoms in total. The average molecular weight is 379 g/mol. The topological polar surface area (TPSA) is 58.2 Å². The molecule has 6 heteroatoms. The van der Waals surface area contributed by atoms with Crippen LogP contribution in [0.25, 0.3) is 0 Å². The summed E-state index contributed by atoms with van der Waals surface area (Å²) < 4.78 is 0. The maximum Gasteiger partial charge on any atom is 0.251 e. The zero-order valence-electron chi connectivity index (χ0n) is 14.1. The predicted molar refractivity (Wildman–Crippen MR) is 102 cm³/mol. The number of para-hydroxylation sites is 1. The largest absolute Gasteiger partial charge is 0.340 e. The van der Waals surface area contributed by atoms with Crippen molar-refractivity contribution < 1.29 is 9.59 Å². The van der Waals surface area contributed by atoms with Crippen LogP contribution in [-0.4, -0.2) is 17.9 Å². The van der Waals surface area contributed by atoms with E-state index in [2.05, 4.69) is 10.6 Å². The third-order valence-corrected chi connectivity index (χ3v) is 4.60. The van der Waals surface area contributed by atoms with Crippen LogP contribution in [0.2, 0.25) is 10.0 Å². The summed E-state index contributed by atoms with van der Waals surface area (Å²) in [5.41, 5.74) is 0.964. The van der Waals surface area contributed by atoms with Crippen molar-refractivity contribution in [1.29, 1.82) is 0 Å². The SMILES string of the molecule is CCC(C)C(NC(=O)c1ccc(Cl)cc1)C(=O)Nc1ccccc1Cl. The first-order chi connectivity index (χ1) is 11.9. The zero-order valence-corrected chi connectivity index (χ0v) is 15.6. The van der Waals surface area contributed by atoms with E-state index in [1.807, 2.05) is 13.8 Å². The Hall–Kier alpha value is -2.04. The standard InChI is InChI=1S/C19H20Cl2N2O2/c1-3-12(2)17(19(25)22-16-7-5-4-6-15(16)21)23-18(24)13-8-10-14(20)11-9-13/h4-12,17H,3H2,1-2H3,(H,22,25)(H,23,24). The number of nitrogens with one attached hydrogen (secondary N) is 2. The zero-order chi connectivity index (χ0) is 18.4.